The third-order valence-corrected chi connectivity index (χ3v) is 4.74. The maximum absolute atomic E-state index is 12.9. The van der Waals surface area contributed by atoms with E-state index in [4.69, 9.17) is 0 Å². The van der Waals surface area contributed by atoms with Gasteiger partial charge in [-0.2, -0.15) is 5.10 Å². The molecule has 4 rings (SSSR count). The quantitative estimate of drug-likeness (QED) is 0.785. The maximum Gasteiger partial charge on any atom is 0.254 e. The molecule has 0 bridgehead atoms. The van der Waals surface area contributed by atoms with Crippen LogP contribution in [0.25, 0.3) is 10.9 Å². The maximum atomic E-state index is 12.9. The average Bonchev–Trinajstić information content (AvgIpc) is 3.23. The van der Waals surface area contributed by atoms with Gasteiger partial charge in [-0.15, -0.1) is 0 Å². The Morgan fingerprint density at radius 3 is 2.92 bits per heavy atom. The summed E-state index contributed by atoms with van der Waals surface area (Å²) >= 11 is 0. The summed E-state index contributed by atoms with van der Waals surface area (Å²) in [4.78, 5) is 17.3. The van der Waals surface area contributed by atoms with E-state index >= 15 is 0 Å². The fourth-order valence-corrected chi connectivity index (χ4v) is 3.32. The van der Waals surface area contributed by atoms with E-state index in [9.17, 15) is 4.79 Å². The van der Waals surface area contributed by atoms with Crippen molar-refractivity contribution in [1.82, 2.24) is 24.6 Å². The Morgan fingerprint density at radius 2 is 2.17 bits per heavy atom. The molecular weight excluding hydrogens is 302 g/mol. The third kappa shape index (κ3) is 2.48. The molecule has 124 valence electrons. The van der Waals surface area contributed by atoms with E-state index in [0.717, 1.165) is 36.1 Å². The van der Waals surface area contributed by atoms with Crippen LogP contribution in [-0.2, 0) is 13.6 Å². The van der Waals surface area contributed by atoms with Crippen LogP contribution in [0.4, 0.5) is 0 Å². The van der Waals surface area contributed by atoms with E-state index in [1.165, 1.54) is 0 Å². The van der Waals surface area contributed by atoms with Crippen molar-refractivity contribution in [2.45, 2.75) is 32.4 Å². The second-order valence-electron chi connectivity index (χ2n) is 6.39. The summed E-state index contributed by atoms with van der Waals surface area (Å²) < 4.78 is 3.86. The van der Waals surface area contributed by atoms with E-state index in [1.807, 2.05) is 53.7 Å². The first-order valence-corrected chi connectivity index (χ1v) is 8.41. The van der Waals surface area contributed by atoms with Crippen molar-refractivity contribution < 1.29 is 4.79 Å². The molecule has 1 amide bonds. The molecule has 1 fully saturated rings. The van der Waals surface area contributed by atoms with Crippen molar-refractivity contribution in [2.75, 3.05) is 0 Å². The zero-order chi connectivity index (χ0) is 16.7. The fraction of sp³-hybridized carbons (Fsp3) is 0.389. The molecule has 1 aliphatic rings. The van der Waals surface area contributed by atoms with Crippen molar-refractivity contribution in [3.05, 3.63) is 48.2 Å². The lowest BCUT2D eigenvalue weighted by atomic mass is 10.1. The van der Waals surface area contributed by atoms with Gasteiger partial charge in [0.15, 0.2) is 0 Å². The summed E-state index contributed by atoms with van der Waals surface area (Å²) in [6.07, 6.45) is 5.71. The number of carbonyl (C=O) groups excluding carboxylic acids is 1. The average molecular weight is 323 g/mol. The molecular formula is C18H21N5O. The highest BCUT2D eigenvalue weighted by molar-refractivity contribution is 6.07. The van der Waals surface area contributed by atoms with Crippen molar-refractivity contribution in [3.8, 4) is 0 Å². The third-order valence-electron chi connectivity index (χ3n) is 4.74. The number of para-hydroxylation sites is 1. The summed E-state index contributed by atoms with van der Waals surface area (Å²) in [5, 5.41) is 8.43. The SMILES string of the molecule is CCn1ncnc1C(NC(=O)c1cn(C)c2ccccc12)C1CC1. The fourth-order valence-electron chi connectivity index (χ4n) is 3.32. The largest absolute Gasteiger partial charge is 0.350 e. The molecule has 6 heteroatoms. The number of nitrogens with zero attached hydrogens (tertiary/aromatic N) is 4. The van der Waals surface area contributed by atoms with Crippen molar-refractivity contribution in [3.63, 3.8) is 0 Å². The van der Waals surface area contributed by atoms with Crippen LogP contribution in [0.1, 0.15) is 42.0 Å². The van der Waals surface area contributed by atoms with E-state index in [0.29, 0.717) is 11.5 Å². The highest BCUT2D eigenvalue weighted by Gasteiger charge is 2.36. The van der Waals surface area contributed by atoms with Crippen LogP contribution in [-0.4, -0.2) is 25.2 Å². The number of rotatable bonds is 5. The van der Waals surface area contributed by atoms with E-state index in [2.05, 4.69) is 15.4 Å². The number of aromatic nitrogens is 4. The minimum Gasteiger partial charge on any atom is -0.350 e. The first kappa shape index (κ1) is 14.9. The molecule has 0 saturated heterocycles. The lowest BCUT2D eigenvalue weighted by Gasteiger charge is -2.18. The Bertz CT molecular complexity index is 890. The molecule has 0 radical (unpaired) electrons. The van der Waals surface area contributed by atoms with E-state index < -0.39 is 0 Å². The molecule has 24 heavy (non-hydrogen) atoms. The van der Waals surface area contributed by atoms with Crippen LogP contribution >= 0.6 is 0 Å². The van der Waals surface area contributed by atoms with Gasteiger partial charge in [0.2, 0.25) is 0 Å². The second-order valence-corrected chi connectivity index (χ2v) is 6.39. The predicted octanol–water partition coefficient (Wildman–Crippen LogP) is 2.67. The summed E-state index contributed by atoms with van der Waals surface area (Å²) in [6.45, 7) is 2.79. The number of nitrogens with one attached hydrogen (secondary N) is 1. The van der Waals surface area contributed by atoms with Gasteiger partial charge in [0.25, 0.3) is 5.91 Å². The van der Waals surface area contributed by atoms with Gasteiger partial charge >= 0.3 is 0 Å². The van der Waals surface area contributed by atoms with Gasteiger partial charge in [-0.1, -0.05) is 18.2 Å². The lowest BCUT2D eigenvalue weighted by Crippen LogP contribution is -2.32. The van der Waals surface area contributed by atoms with Crippen LogP contribution in [0.15, 0.2) is 36.8 Å². The van der Waals surface area contributed by atoms with Gasteiger partial charge in [-0.05, 0) is 31.7 Å². The number of fused-ring (bicyclic) bond motifs is 1. The Kier molecular flexibility index (Phi) is 3.59. The molecule has 1 N–H and O–H groups in total. The van der Waals surface area contributed by atoms with Crippen LogP contribution in [0.2, 0.25) is 0 Å². The molecule has 0 aliphatic heterocycles. The highest BCUT2D eigenvalue weighted by Crippen LogP contribution is 2.40. The normalized spacial score (nSPS) is 15.6. The number of aryl methyl sites for hydroxylation is 2. The van der Waals surface area contributed by atoms with Gasteiger partial charge in [0, 0.05) is 30.7 Å². The molecule has 6 nitrogen and oxygen atoms in total. The van der Waals surface area contributed by atoms with Gasteiger partial charge in [0.1, 0.15) is 12.2 Å². The Labute approximate surface area is 140 Å². The monoisotopic (exact) mass is 323 g/mol. The molecule has 0 spiro atoms. The molecule has 1 aliphatic carbocycles. The van der Waals surface area contributed by atoms with Crippen molar-refractivity contribution >= 4 is 16.8 Å². The van der Waals surface area contributed by atoms with Gasteiger partial charge in [-0.3, -0.25) is 4.79 Å². The summed E-state index contributed by atoms with van der Waals surface area (Å²) in [5.74, 6) is 1.27. The number of hydrogen-bond donors (Lipinski definition) is 1. The molecule has 3 aromatic rings. The first-order valence-electron chi connectivity index (χ1n) is 8.41. The van der Waals surface area contributed by atoms with Crippen molar-refractivity contribution in [2.24, 2.45) is 13.0 Å². The van der Waals surface area contributed by atoms with Crippen LogP contribution in [0.3, 0.4) is 0 Å². The van der Waals surface area contributed by atoms with Crippen molar-refractivity contribution in [1.29, 1.82) is 0 Å². The zero-order valence-corrected chi connectivity index (χ0v) is 13.9. The predicted molar refractivity (Wildman–Crippen MR) is 91.5 cm³/mol. The Hall–Kier alpha value is -2.63. The Morgan fingerprint density at radius 1 is 1.38 bits per heavy atom. The summed E-state index contributed by atoms with van der Waals surface area (Å²) in [6, 6.07) is 7.90. The van der Waals surface area contributed by atoms with Crippen LogP contribution in [0, 0.1) is 5.92 Å². The second kappa shape index (κ2) is 5.78. The highest BCUT2D eigenvalue weighted by atomic mass is 16.1. The molecule has 2 heterocycles. The number of amides is 1. The smallest absolute Gasteiger partial charge is 0.254 e. The lowest BCUT2D eigenvalue weighted by molar-refractivity contribution is 0.0930. The van der Waals surface area contributed by atoms with E-state index in [-0.39, 0.29) is 11.9 Å². The van der Waals surface area contributed by atoms with Crippen LogP contribution < -0.4 is 5.32 Å². The molecule has 2 aromatic heterocycles. The Balaban J connectivity index is 1.66. The minimum absolute atomic E-state index is 0.0469. The topological polar surface area (TPSA) is 64.7 Å². The number of benzene rings is 1. The summed E-state index contributed by atoms with van der Waals surface area (Å²) in [7, 11) is 1.96. The number of carbonyl (C=O) groups is 1. The minimum atomic E-state index is -0.0704. The first-order chi connectivity index (χ1) is 11.7. The van der Waals surface area contributed by atoms with Gasteiger partial charge in [-0.25, -0.2) is 9.67 Å². The molecule has 1 aromatic carbocycles. The molecule has 1 saturated carbocycles. The number of hydrogen-bond acceptors (Lipinski definition) is 3. The van der Waals surface area contributed by atoms with Gasteiger partial charge < -0.3 is 9.88 Å². The van der Waals surface area contributed by atoms with Gasteiger partial charge in [0.05, 0.1) is 11.6 Å². The standard InChI is InChI=1S/C18H21N5O/c1-3-23-17(19-11-20-23)16(12-8-9-12)21-18(24)14-10-22(2)15-7-5-4-6-13(14)15/h4-7,10-12,16H,3,8-9H2,1-2H3,(H,21,24). The molecule has 1 unspecified atom stereocenters. The zero-order valence-electron chi connectivity index (χ0n) is 13.9. The van der Waals surface area contributed by atoms with E-state index in [1.54, 1.807) is 6.33 Å². The molecule has 1 atom stereocenters. The summed E-state index contributed by atoms with van der Waals surface area (Å²) in [5.41, 5.74) is 1.77. The van der Waals surface area contributed by atoms with Crippen LogP contribution in [0.5, 0.6) is 0 Å².